The third kappa shape index (κ3) is 12.8. The molecule has 0 aromatic rings. The highest BCUT2D eigenvalue weighted by molar-refractivity contribution is 7.81. The molecule has 0 N–H and O–H groups in total. The molecule has 1 fully saturated rings. The Bertz CT molecular complexity index is 258. The van der Waals surface area contributed by atoms with Gasteiger partial charge in [0.15, 0.2) is 0 Å². The number of rotatable bonds is 14. The van der Waals surface area contributed by atoms with Crippen molar-refractivity contribution in [2.45, 2.75) is 36.6 Å². The Morgan fingerprint density at radius 1 is 0.750 bits per heavy atom. The molecule has 144 valence electrons. The fourth-order valence-corrected chi connectivity index (χ4v) is 2.16. The Balaban J connectivity index is 1.89. The summed E-state index contributed by atoms with van der Waals surface area (Å²) in [6.45, 7) is 9.59. The van der Waals surface area contributed by atoms with E-state index in [9.17, 15) is 0 Å². The maximum absolute atomic E-state index is 5.72. The van der Waals surface area contributed by atoms with Crippen LogP contribution in [0, 0.1) is 0 Å². The average molecular weight is 385 g/mol. The Morgan fingerprint density at radius 3 is 1.46 bits per heavy atom. The van der Waals surface area contributed by atoms with Crippen molar-refractivity contribution >= 4 is 25.3 Å². The zero-order valence-corrected chi connectivity index (χ0v) is 16.5. The lowest BCUT2D eigenvalue weighted by Crippen LogP contribution is -2.40. The van der Waals surface area contributed by atoms with Crippen LogP contribution in [0.5, 0.6) is 0 Å². The SMILES string of the molecule is CC(S)COCCOCC1COC(COCCOCC(C)S)CO1. The van der Waals surface area contributed by atoms with Gasteiger partial charge in [-0.25, -0.2) is 0 Å². The van der Waals surface area contributed by atoms with E-state index in [1.807, 2.05) is 13.8 Å². The molecule has 4 unspecified atom stereocenters. The van der Waals surface area contributed by atoms with E-state index < -0.39 is 0 Å². The van der Waals surface area contributed by atoms with E-state index in [1.165, 1.54) is 0 Å². The molecule has 0 aromatic heterocycles. The summed E-state index contributed by atoms with van der Waals surface area (Å²) in [5.74, 6) is 0. The zero-order chi connectivity index (χ0) is 17.6. The molecule has 0 saturated carbocycles. The smallest absolute Gasteiger partial charge is 0.104 e. The summed E-state index contributed by atoms with van der Waals surface area (Å²) in [4.78, 5) is 0. The van der Waals surface area contributed by atoms with Crippen LogP contribution in [-0.4, -0.2) is 88.8 Å². The van der Waals surface area contributed by atoms with Crippen LogP contribution in [0.1, 0.15) is 13.8 Å². The largest absolute Gasteiger partial charge is 0.378 e. The predicted octanol–water partition coefficient (Wildman–Crippen LogP) is 1.47. The van der Waals surface area contributed by atoms with Crippen molar-refractivity contribution in [3.05, 3.63) is 0 Å². The second-order valence-electron chi connectivity index (χ2n) is 5.91. The standard InChI is InChI=1S/C16H32O6S2/c1-13(23)7-17-3-5-19-9-15-11-22-16(12-21-15)10-20-6-4-18-8-14(2)24/h13-16,23-24H,3-12H2,1-2H3. The van der Waals surface area contributed by atoms with Crippen LogP contribution >= 0.6 is 25.3 Å². The Labute approximate surface area is 156 Å². The van der Waals surface area contributed by atoms with Crippen molar-refractivity contribution < 1.29 is 28.4 Å². The first-order valence-corrected chi connectivity index (χ1v) is 9.51. The summed E-state index contributed by atoms with van der Waals surface area (Å²) in [6.07, 6.45) is -0.0458. The molecule has 1 rings (SSSR count). The van der Waals surface area contributed by atoms with Gasteiger partial charge in [0.2, 0.25) is 0 Å². The van der Waals surface area contributed by atoms with E-state index in [1.54, 1.807) is 0 Å². The molecule has 0 aliphatic carbocycles. The van der Waals surface area contributed by atoms with Crippen LogP contribution in [0.3, 0.4) is 0 Å². The van der Waals surface area contributed by atoms with Crippen molar-refractivity contribution in [1.82, 2.24) is 0 Å². The van der Waals surface area contributed by atoms with Gasteiger partial charge in [-0.1, -0.05) is 13.8 Å². The maximum atomic E-state index is 5.72. The molecule has 0 radical (unpaired) electrons. The van der Waals surface area contributed by atoms with Gasteiger partial charge in [-0.2, -0.15) is 25.3 Å². The Morgan fingerprint density at radius 2 is 1.12 bits per heavy atom. The molecule has 0 bridgehead atoms. The van der Waals surface area contributed by atoms with Crippen molar-refractivity contribution in [3.63, 3.8) is 0 Å². The second kappa shape index (κ2) is 14.6. The Hall–Kier alpha value is 0.460. The van der Waals surface area contributed by atoms with Crippen molar-refractivity contribution in [3.8, 4) is 0 Å². The first-order valence-electron chi connectivity index (χ1n) is 8.48. The van der Waals surface area contributed by atoms with E-state index in [2.05, 4.69) is 25.3 Å². The lowest BCUT2D eigenvalue weighted by molar-refractivity contribution is -0.168. The number of ether oxygens (including phenoxy) is 6. The van der Waals surface area contributed by atoms with E-state index in [-0.39, 0.29) is 22.7 Å². The van der Waals surface area contributed by atoms with Gasteiger partial charge in [0.25, 0.3) is 0 Å². The van der Waals surface area contributed by atoms with Gasteiger partial charge in [-0.05, 0) is 0 Å². The fourth-order valence-electron chi connectivity index (χ4n) is 1.95. The predicted molar refractivity (Wildman–Crippen MR) is 99.7 cm³/mol. The van der Waals surface area contributed by atoms with Gasteiger partial charge < -0.3 is 28.4 Å². The van der Waals surface area contributed by atoms with Gasteiger partial charge in [-0.15, -0.1) is 0 Å². The third-order valence-corrected chi connectivity index (χ3v) is 3.40. The van der Waals surface area contributed by atoms with Crippen LogP contribution in [0.4, 0.5) is 0 Å². The summed E-state index contributed by atoms with van der Waals surface area (Å²) >= 11 is 8.48. The summed E-state index contributed by atoms with van der Waals surface area (Å²) in [6, 6.07) is 0. The maximum Gasteiger partial charge on any atom is 0.104 e. The van der Waals surface area contributed by atoms with Crippen molar-refractivity contribution in [1.29, 1.82) is 0 Å². The highest BCUT2D eigenvalue weighted by atomic mass is 32.1. The molecule has 1 aliphatic heterocycles. The minimum absolute atomic E-state index is 0.0229. The molecule has 1 heterocycles. The fraction of sp³-hybridized carbons (Fsp3) is 1.00. The average Bonchev–Trinajstić information content (AvgIpc) is 2.54. The molecule has 6 nitrogen and oxygen atoms in total. The van der Waals surface area contributed by atoms with Gasteiger partial charge in [0.05, 0.1) is 66.1 Å². The first-order chi connectivity index (χ1) is 11.6. The molecule has 24 heavy (non-hydrogen) atoms. The van der Waals surface area contributed by atoms with E-state index in [0.29, 0.717) is 66.1 Å². The summed E-state index contributed by atoms with van der Waals surface area (Å²) in [7, 11) is 0. The Kier molecular flexibility index (Phi) is 13.7. The minimum Gasteiger partial charge on any atom is -0.378 e. The summed E-state index contributed by atoms with van der Waals surface area (Å²) in [5, 5.41) is 0.495. The lowest BCUT2D eigenvalue weighted by atomic mass is 10.3. The van der Waals surface area contributed by atoms with Crippen molar-refractivity contribution in [2.24, 2.45) is 0 Å². The normalized spacial score (nSPS) is 24.0. The van der Waals surface area contributed by atoms with Crippen LogP contribution in [0.25, 0.3) is 0 Å². The molecular weight excluding hydrogens is 352 g/mol. The van der Waals surface area contributed by atoms with Gasteiger partial charge in [-0.3, -0.25) is 0 Å². The van der Waals surface area contributed by atoms with Gasteiger partial charge in [0, 0.05) is 10.5 Å². The highest BCUT2D eigenvalue weighted by Crippen LogP contribution is 2.08. The second-order valence-corrected chi connectivity index (χ2v) is 7.67. The molecule has 0 aromatic carbocycles. The molecular formula is C16H32O6S2. The van der Waals surface area contributed by atoms with E-state index >= 15 is 0 Å². The van der Waals surface area contributed by atoms with Crippen LogP contribution in [0.2, 0.25) is 0 Å². The molecule has 0 amide bonds. The number of hydrogen-bond acceptors (Lipinski definition) is 8. The van der Waals surface area contributed by atoms with Crippen LogP contribution in [0.15, 0.2) is 0 Å². The summed E-state index contributed by atoms with van der Waals surface area (Å²) < 4.78 is 33.3. The minimum atomic E-state index is -0.0229. The lowest BCUT2D eigenvalue weighted by Gasteiger charge is -2.29. The summed E-state index contributed by atoms with van der Waals surface area (Å²) in [5.41, 5.74) is 0. The van der Waals surface area contributed by atoms with Gasteiger partial charge >= 0.3 is 0 Å². The van der Waals surface area contributed by atoms with E-state index in [4.69, 9.17) is 28.4 Å². The molecule has 1 saturated heterocycles. The molecule has 1 aliphatic rings. The number of thiol groups is 2. The van der Waals surface area contributed by atoms with Crippen molar-refractivity contribution in [2.75, 3.05) is 66.1 Å². The highest BCUT2D eigenvalue weighted by Gasteiger charge is 2.22. The van der Waals surface area contributed by atoms with Crippen LogP contribution < -0.4 is 0 Å². The molecule has 0 spiro atoms. The first kappa shape index (κ1) is 22.5. The van der Waals surface area contributed by atoms with Crippen LogP contribution in [-0.2, 0) is 28.4 Å². The molecule has 4 atom stereocenters. The topological polar surface area (TPSA) is 55.4 Å². The van der Waals surface area contributed by atoms with Gasteiger partial charge in [0.1, 0.15) is 12.2 Å². The number of hydrogen-bond donors (Lipinski definition) is 2. The monoisotopic (exact) mass is 384 g/mol. The third-order valence-electron chi connectivity index (χ3n) is 3.11. The zero-order valence-electron chi connectivity index (χ0n) is 14.7. The molecule has 8 heteroatoms. The van der Waals surface area contributed by atoms with E-state index in [0.717, 1.165) is 0 Å². The quantitative estimate of drug-likeness (QED) is 0.349.